The van der Waals surface area contributed by atoms with Gasteiger partial charge in [-0.2, -0.15) is 5.01 Å². The summed E-state index contributed by atoms with van der Waals surface area (Å²) in [6.07, 6.45) is 4.25. The highest BCUT2D eigenvalue weighted by Crippen LogP contribution is 2.36. The van der Waals surface area contributed by atoms with Crippen molar-refractivity contribution < 1.29 is 33.8 Å². The predicted octanol–water partition coefficient (Wildman–Crippen LogP) is 4.49. The maximum absolute atomic E-state index is 13.6. The number of ether oxygens (including phenoxy) is 1. The Bertz CT molecular complexity index is 1590. The minimum atomic E-state index is -0.843. The van der Waals surface area contributed by atoms with Crippen LogP contribution in [0.5, 0.6) is 11.5 Å². The van der Waals surface area contributed by atoms with Crippen LogP contribution in [0.25, 0.3) is 0 Å². The van der Waals surface area contributed by atoms with Crippen LogP contribution < -0.4 is 4.74 Å². The number of fused-ring (bicyclic) bond motifs is 1. The number of imide groups is 1. The van der Waals surface area contributed by atoms with E-state index in [1.807, 2.05) is 0 Å². The van der Waals surface area contributed by atoms with Gasteiger partial charge in [-0.15, -0.1) is 0 Å². The molecule has 13 nitrogen and oxygen atoms in total. The number of allylic oxidation sites excluding steroid dienone is 2. The number of hydrogen-bond acceptors (Lipinski definition) is 9. The van der Waals surface area contributed by atoms with Crippen molar-refractivity contribution in [3.05, 3.63) is 116 Å². The molecule has 0 saturated carbocycles. The lowest BCUT2D eigenvalue weighted by atomic mass is 9.85. The minimum Gasteiger partial charge on any atom is -0.457 e. The summed E-state index contributed by atoms with van der Waals surface area (Å²) >= 11 is 0. The quantitative estimate of drug-likeness (QED) is 0.118. The molecule has 3 aromatic rings. The maximum Gasteiger partial charge on any atom is 0.273 e. The molecular formula is C29H22N4O9. The lowest BCUT2D eigenvalue weighted by Gasteiger charge is -2.30. The molecule has 2 aliphatic rings. The summed E-state index contributed by atoms with van der Waals surface area (Å²) in [6, 6.07) is 15.9. The van der Waals surface area contributed by atoms with E-state index < -0.39 is 51.7 Å². The van der Waals surface area contributed by atoms with E-state index in [1.54, 1.807) is 12.2 Å². The van der Waals surface area contributed by atoms with Crippen LogP contribution in [0.3, 0.4) is 0 Å². The van der Waals surface area contributed by atoms with Gasteiger partial charge < -0.3 is 4.74 Å². The number of hydrogen-bond donors (Lipinski definition) is 0. The molecule has 0 aromatic heterocycles. The zero-order valence-corrected chi connectivity index (χ0v) is 21.8. The average Bonchev–Trinajstić information content (AvgIpc) is 3.25. The van der Waals surface area contributed by atoms with E-state index in [2.05, 4.69) is 0 Å². The van der Waals surface area contributed by atoms with Crippen LogP contribution in [0.4, 0.5) is 11.4 Å². The van der Waals surface area contributed by atoms with Gasteiger partial charge in [-0.25, -0.2) is 5.01 Å². The van der Waals surface area contributed by atoms with Gasteiger partial charge in [-0.3, -0.25) is 39.4 Å². The smallest absolute Gasteiger partial charge is 0.273 e. The molecule has 0 radical (unpaired) electrons. The van der Waals surface area contributed by atoms with E-state index in [-0.39, 0.29) is 22.5 Å². The van der Waals surface area contributed by atoms with Crippen molar-refractivity contribution in [1.29, 1.82) is 0 Å². The van der Waals surface area contributed by atoms with Crippen molar-refractivity contribution in [2.75, 3.05) is 6.54 Å². The molecule has 1 heterocycles. The monoisotopic (exact) mass is 570 g/mol. The number of rotatable bonds is 9. The minimum absolute atomic E-state index is 0.0474. The molecule has 212 valence electrons. The second-order valence-corrected chi connectivity index (χ2v) is 9.61. The number of benzene rings is 3. The first-order valence-corrected chi connectivity index (χ1v) is 12.8. The fourth-order valence-corrected chi connectivity index (χ4v) is 4.84. The third-order valence-electron chi connectivity index (χ3n) is 7.04. The number of ketones is 1. The molecule has 5 rings (SSSR count). The Balaban J connectivity index is 1.38. The molecule has 0 spiro atoms. The first-order chi connectivity index (χ1) is 20.1. The molecule has 1 saturated heterocycles. The number of hydrazine groups is 1. The first kappa shape index (κ1) is 27.8. The van der Waals surface area contributed by atoms with E-state index >= 15 is 0 Å². The largest absolute Gasteiger partial charge is 0.457 e. The lowest BCUT2D eigenvalue weighted by molar-refractivity contribution is -0.385. The van der Waals surface area contributed by atoms with Gasteiger partial charge in [0.15, 0.2) is 5.78 Å². The summed E-state index contributed by atoms with van der Waals surface area (Å²) in [5.41, 5.74) is -0.239. The van der Waals surface area contributed by atoms with Crippen LogP contribution in [0.15, 0.2) is 84.9 Å². The van der Waals surface area contributed by atoms with Crippen LogP contribution in [-0.2, 0) is 9.59 Å². The number of carbonyl (C=O) groups excluding carboxylic acids is 4. The number of carbonyl (C=O) groups is 4. The molecule has 0 unspecified atom stereocenters. The van der Waals surface area contributed by atoms with Crippen molar-refractivity contribution in [3.63, 3.8) is 0 Å². The van der Waals surface area contributed by atoms with Gasteiger partial charge in [0, 0.05) is 35.4 Å². The summed E-state index contributed by atoms with van der Waals surface area (Å²) < 4.78 is 5.67. The van der Waals surface area contributed by atoms with Gasteiger partial charge >= 0.3 is 0 Å². The lowest BCUT2D eigenvalue weighted by Crippen LogP contribution is -2.52. The Hall–Kier alpha value is -5.72. The zero-order chi connectivity index (χ0) is 30.0. The van der Waals surface area contributed by atoms with Gasteiger partial charge in [0.05, 0.1) is 21.7 Å². The summed E-state index contributed by atoms with van der Waals surface area (Å²) in [6.45, 7) is -0.650. The van der Waals surface area contributed by atoms with Gasteiger partial charge in [-0.05, 0) is 61.4 Å². The third kappa shape index (κ3) is 5.47. The van der Waals surface area contributed by atoms with E-state index in [0.717, 1.165) is 22.2 Å². The molecule has 1 fully saturated rings. The number of nitro groups is 2. The fraction of sp³-hybridized carbons (Fsp3) is 0.172. The van der Waals surface area contributed by atoms with Gasteiger partial charge in [0.2, 0.25) is 0 Å². The predicted molar refractivity (Wildman–Crippen MR) is 145 cm³/mol. The third-order valence-corrected chi connectivity index (χ3v) is 7.04. The van der Waals surface area contributed by atoms with Gasteiger partial charge in [-0.1, -0.05) is 12.2 Å². The average molecular weight is 571 g/mol. The van der Waals surface area contributed by atoms with Crippen LogP contribution >= 0.6 is 0 Å². The zero-order valence-electron chi connectivity index (χ0n) is 21.8. The van der Waals surface area contributed by atoms with Crippen molar-refractivity contribution >= 4 is 34.9 Å². The number of nitro benzene ring substituents is 2. The molecule has 3 amide bonds. The van der Waals surface area contributed by atoms with E-state index in [4.69, 9.17) is 4.74 Å². The van der Waals surface area contributed by atoms with Crippen LogP contribution in [0, 0.1) is 32.1 Å². The van der Waals surface area contributed by atoms with Gasteiger partial charge in [0.1, 0.15) is 18.0 Å². The maximum atomic E-state index is 13.6. The normalized spacial score (nSPS) is 17.5. The number of Topliss-reactive ketones (excluding diaryl/α,β-unsaturated/α-hetero) is 1. The summed E-state index contributed by atoms with van der Waals surface area (Å²) in [5.74, 6) is -3.25. The highest BCUT2D eigenvalue weighted by Gasteiger charge is 2.51. The molecule has 3 aromatic carbocycles. The van der Waals surface area contributed by atoms with E-state index in [0.29, 0.717) is 24.3 Å². The number of amides is 3. The van der Waals surface area contributed by atoms with E-state index in [9.17, 15) is 39.4 Å². The Labute approximate surface area is 237 Å². The highest BCUT2D eigenvalue weighted by atomic mass is 16.6. The van der Waals surface area contributed by atoms with Crippen LogP contribution in [-0.4, -0.2) is 49.9 Å². The van der Waals surface area contributed by atoms with Crippen molar-refractivity contribution in [3.8, 4) is 11.5 Å². The molecule has 1 aliphatic heterocycles. The first-order valence-electron chi connectivity index (χ1n) is 12.8. The Kier molecular flexibility index (Phi) is 7.56. The van der Waals surface area contributed by atoms with Crippen molar-refractivity contribution in [2.45, 2.75) is 12.8 Å². The molecule has 2 atom stereocenters. The van der Waals surface area contributed by atoms with Crippen LogP contribution in [0.2, 0.25) is 0 Å². The number of non-ortho nitro benzene ring substituents is 2. The summed E-state index contributed by atoms with van der Waals surface area (Å²) in [7, 11) is 0. The molecule has 42 heavy (non-hydrogen) atoms. The summed E-state index contributed by atoms with van der Waals surface area (Å²) in [5, 5.41) is 23.4. The SMILES string of the molecule is O=C(CN(C(=O)c1ccc([N+](=O)[O-])cc1)N1C(=O)[C@H]2CC=CC[C@H]2C1=O)c1ccc(Oc2ccc([N+](=O)[O-])cc2)cc1. The Morgan fingerprint density at radius 1 is 0.738 bits per heavy atom. The topological polar surface area (TPSA) is 170 Å². The molecule has 0 bridgehead atoms. The van der Waals surface area contributed by atoms with Crippen LogP contribution in [0.1, 0.15) is 33.6 Å². The second kappa shape index (κ2) is 11.4. The molecule has 1 aliphatic carbocycles. The Morgan fingerprint density at radius 2 is 1.17 bits per heavy atom. The Morgan fingerprint density at radius 3 is 1.64 bits per heavy atom. The number of nitrogens with zero attached hydrogens (tertiary/aromatic N) is 4. The van der Waals surface area contributed by atoms with Crippen molar-refractivity contribution in [2.24, 2.45) is 11.8 Å². The second-order valence-electron chi connectivity index (χ2n) is 9.61. The van der Waals surface area contributed by atoms with Gasteiger partial charge in [0.25, 0.3) is 29.1 Å². The highest BCUT2D eigenvalue weighted by molar-refractivity contribution is 6.09. The standard InChI is InChI=1S/C29H22N4O9/c34-26(18-7-13-22(14-8-18)42-23-15-11-21(12-16-23)33(40)41)17-30(27(35)19-5-9-20(10-6-19)32(38)39)31-28(36)24-3-1-2-4-25(24)29(31)37/h1-2,5-16,24-25H,3-4,17H2/t24-,25+. The molecule has 0 N–H and O–H groups in total. The van der Waals surface area contributed by atoms with E-state index in [1.165, 1.54) is 60.7 Å². The molecular weight excluding hydrogens is 548 g/mol. The summed E-state index contributed by atoms with van der Waals surface area (Å²) in [4.78, 5) is 74.2. The van der Waals surface area contributed by atoms with Crippen molar-refractivity contribution in [1.82, 2.24) is 10.0 Å². The fourth-order valence-electron chi connectivity index (χ4n) is 4.84. The molecule has 13 heteroatoms.